The molecule has 0 spiro atoms. The summed E-state index contributed by atoms with van der Waals surface area (Å²) in [5.41, 5.74) is 0.471. The highest BCUT2D eigenvalue weighted by molar-refractivity contribution is 6.06. The topological polar surface area (TPSA) is 69.9 Å². The number of aliphatic hydroxyl groups excluding tert-OH is 2. The van der Waals surface area contributed by atoms with E-state index in [0.717, 1.165) is 6.42 Å². The molecule has 0 saturated carbocycles. The molecule has 1 rings (SSSR count). The van der Waals surface area contributed by atoms with Crippen molar-refractivity contribution in [3.63, 3.8) is 0 Å². The zero-order valence-corrected chi connectivity index (χ0v) is 8.94. The first kappa shape index (κ1) is 11.9. The van der Waals surface area contributed by atoms with Crippen molar-refractivity contribution < 1.29 is 15.0 Å². The summed E-state index contributed by atoms with van der Waals surface area (Å²) < 4.78 is 0. The van der Waals surface area contributed by atoms with Crippen LogP contribution in [0.15, 0.2) is 16.4 Å². The van der Waals surface area contributed by atoms with Crippen LogP contribution in [0.4, 0.5) is 0 Å². The van der Waals surface area contributed by atoms with Gasteiger partial charge in [-0.3, -0.25) is 9.79 Å². The van der Waals surface area contributed by atoms with Gasteiger partial charge in [0.25, 0.3) is 0 Å². The van der Waals surface area contributed by atoms with Crippen LogP contribution in [0.1, 0.15) is 32.6 Å². The molecule has 1 aliphatic heterocycles. The first-order valence-corrected chi connectivity index (χ1v) is 5.32. The van der Waals surface area contributed by atoms with E-state index in [1.165, 1.54) is 0 Å². The molecule has 0 aromatic heterocycles. The minimum atomic E-state index is -0.313. The minimum absolute atomic E-state index is 0.139. The maximum atomic E-state index is 11.6. The molecule has 4 nitrogen and oxygen atoms in total. The van der Waals surface area contributed by atoms with E-state index in [1.54, 1.807) is 6.21 Å². The smallest absolute Gasteiger partial charge is 0.207 e. The van der Waals surface area contributed by atoms with Crippen molar-refractivity contribution in [3.8, 4) is 0 Å². The van der Waals surface area contributed by atoms with Crippen molar-refractivity contribution >= 4 is 12.0 Å². The third-order valence-corrected chi connectivity index (χ3v) is 2.51. The van der Waals surface area contributed by atoms with E-state index < -0.39 is 0 Å². The van der Waals surface area contributed by atoms with Gasteiger partial charge >= 0.3 is 0 Å². The van der Waals surface area contributed by atoms with Crippen LogP contribution in [0, 0.1) is 5.92 Å². The van der Waals surface area contributed by atoms with E-state index in [0.29, 0.717) is 25.0 Å². The van der Waals surface area contributed by atoms with Crippen LogP contribution in [0.25, 0.3) is 0 Å². The second kappa shape index (κ2) is 5.66. The number of aliphatic imine (C=N–C) groups is 1. The number of rotatable bonds is 5. The molecular formula is C11H17NO3. The summed E-state index contributed by atoms with van der Waals surface area (Å²) in [6.07, 6.45) is 4.27. The Morgan fingerprint density at radius 2 is 2.20 bits per heavy atom. The summed E-state index contributed by atoms with van der Waals surface area (Å²) in [7, 11) is 0. The molecule has 84 valence electrons. The Kier molecular flexibility index (Phi) is 4.49. The molecule has 0 amide bonds. The summed E-state index contributed by atoms with van der Waals surface area (Å²) in [4.78, 5) is 15.7. The number of unbranched alkanes of at least 4 members (excludes halogenated alkanes) is 1. The third-order valence-electron chi connectivity index (χ3n) is 2.51. The van der Waals surface area contributed by atoms with Gasteiger partial charge in [-0.05, 0) is 19.3 Å². The van der Waals surface area contributed by atoms with E-state index in [1.807, 2.05) is 6.92 Å². The van der Waals surface area contributed by atoms with Gasteiger partial charge in [-0.15, -0.1) is 0 Å². The highest BCUT2D eigenvalue weighted by Gasteiger charge is 2.25. The lowest BCUT2D eigenvalue weighted by atomic mass is 9.94. The number of Topliss-reactive ketones (excluding diaryl/α,β-unsaturated/α-hetero) is 1. The average Bonchev–Trinajstić information content (AvgIpc) is 2.25. The highest BCUT2D eigenvalue weighted by atomic mass is 16.3. The molecule has 0 aliphatic carbocycles. The van der Waals surface area contributed by atoms with E-state index in [2.05, 4.69) is 4.99 Å². The summed E-state index contributed by atoms with van der Waals surface area (Å²) in [6, 6.07) is 0. The molecule has 0 fully saturated rings. The molecule has 0 bridgehead atoms. The Morgan fingerprint density at radius 1 is 1.47 bits per heavy atom. The zero-order chi connectivity index (χ0) is 11.3. The summed E-state index contributed by atoms with van der Waals surface area (Å²) in [5.74, 6) is -0.736. The molecule has 0 aromatic rings. The zero-order valence-electron chi connectivity index (χ0n) is 8.94. The molecule has 2 N–H and O–H groups in total. The Bertz CT molecular complexity index is 294. The van der Waals surface area contributed by atoms with Crippen LogP contribution in [-0.2, 0) is 4.79 Å². The van der Waals surface area contributed by atoms with Gasteiger partial charge in [-0.2, -0.15) is 0 Å². The second-order valence-corrected chi connectivity index (χ2v) is 3.62. The maximum Gasteiger partial charge on any atom is 0.207 e. The fourth-order valence-electron chi connectivity index (χ4n) is 1.57. The molecule has 1 heterocycles. The number of carbonyl (C=O) groups excluding carboxylic acids is 1. The van der Waals surface area contributed by atoms with Gasteiger partial charge in [0.1, 0.15) is 0 Å². The van der Waals surface area contributed by atoms with E-state index >= 15 is 0 Å². The van der Waals surface area contributed by atoms with Crippen LogP contribution in [-0.4, -0.2) is 28.8 Å². The van der Waals surface area contributed by atoms with E-state index in [4.69, 9.17) is 5.11 Å². The van der Waals surface area contributed by atoms with Crippen LogP contribution < -0.4 is 0 Å². The average molecular weight is 211 g/mol. The number of allylic oxidation sites excluding steroid dienone is 2. The maximum absolute atomic E-state index is 11.6. The van der Waals surface area contributed by atoms with E-state index in [9.17, 15) is 9.90 Å². The lowest BCUT2D eigenvalue weighted by Gasteiger charge is -2.16. The molecule has 1 atom stereocenters. The van der Waals surface area contributed by atoms with Crippen LogP contribution in [0.2, 0.25) is 0 Å². The summed E-state index contributed by atoms with van der Waals surface area (Å²) >= 11 is 0. The first-order valence-electron chi connectivity index (χ1n) is 5.32. The van der Waals surface area contributed by atoms with Gasteiger partial charge in [-0.25, -0.2) is 0 Å². The number of aliphatic hydroxyl groups is 2. The quantitative estimate of drug-likeness (QED) is 0.678. The number of nitrogens with zero attached hydrogens (tertiary/aromatic N) is 1. The third kappa shape index (κ3) is 2.89. The monoisotopic (exact) mass is 211 g/mol. The standard InChI is InChI=1S/C11H17NO3/c1-2-9-11(15)10(14)8(7-12-9)5-3-4-6-13/h7-8,13,15H,2-6H2,1H3. The van der Waals surface area contributed by atoms with Gasteiger partial charge in [0.05, 0.1) is 11.6 Å². The van der Waals surface area contributed by atoms with Crippen LogP contribution in [0.5, 0.6) is 0 Å². The van der Waals surface area contributed by atoms with Crippen molar-refractivity contribution in [1.82, 2.24) is 0 Å². The van der Waals surface area contributed by atoms with Crippen molar-refractivity contribution in [2.45, 2.75) is 32.6 Å². The molecule has 1 unspecified atom stereocenters. The van der Waals surface area contributed by atoms with Crippen molar-refractivity contribution in [3.05, 3.63) is 11.5 Å². The summed E-state index contributed by atoms with van der Waals surface area (Å²) in [5, 5.41) is 18.1. The lowest BCUT2D eigenvalue weighted by Crippen LogP contribution is -2.22. The molecule has 15 heavy (non-hydrogen) atoms. The first-order chi connectivity index (χ1) is 7.20. The minimum Gasteiger partial charge on any atom is -0.503 e. The van der Waals surface area contributed by atoms with Gasteiger partial charge < -0.3 is 10.2 Å². The van der Waals surface area contributed by atoms with Gasteiger partial charge in [0, 0.05) is 12.8 Å². The SMILES string of the molecule is CCC1=C(O)C(=O)C(CCCCO)C=N1. The largest absolute Gasteiger partial charge is 0.503 e. The van der Waals surface area contributed by atoms with Crippen LogP contribution >= 0.6 is 0 Å². The van der Waals surface area contributed by atoms with Gasteiger partial charge in [0.2, 0.25) is 5.78 Å². The summed E-state index contributed by atoms with van der Waals surface area (Å²) in [6.45, 7) is 1.99. The second-order valence-electron chi connectivity index (χ2n) is 3.62. The van der Waals surface area contributed by atoms with Gasteiger partial charge in [-0.1, -0.05) is 13.3 Å². The number of hydrogen-bond acceptors (Lipinski definition) is 4. The Morgan fingerprint density at radius 3 is 2.80 bits per heavy atom. The molecule has 0 aromatic carbocycles. The van der Waals surface area contributed by atoms with Crippen molar-refractivity contribution in [1.29, 1.82) is 0 Å². The molecule has 4 heteroatoms. The normalized spacial score (nSPS) is 21.2. The Hall–Kier alpha value is -1.16. The van der Waals surface area contributed by atoms with Crippen molar-refractivity contribution in [2.75, 3.05) is 6.61 Å². The highest BCUT2D eigenvalue weighted by Crippen LogP contribution is 2.21. The molecule has 0 saturated heterocycles. The number of hydrogen-bond donors (Lipinski definition) is 2. The Labute approximate surface area is 89.3 Å². The predicted octanol–water partition coefficient (Wildman–Crippen LogP) is 1.60. The predicted molar refractivity (Wildman–Crippen MR) is 57.9 cm³/mol. The fourth-order valence-corrected chi connectivity index (χ4v) is 1.57. The van der Waals surface area contributed by atoms with E-state index in [-0.39, 0.29) is 24.1 Å². The van der Waals surface area contributed by atoms with Gasteiger partial charge in [0.15, 0.2) is 5.76 Å². The lowest BCUT2D eigenvalue weighted by molar-refractivity contribution is -0.120. The fraction of sp³-hybridized carbons (Fsp3) is 0.636. The molecule has 1 aliphatic rings. The molecule has 0 radical (unpaired) electrons. The van der Waals surface area contributed by atoms with Crippen LogP contribution in [0.3, 0.4) is 0 Å². The van der Waals surface area contributed by atoms with Crippen molar-refractivity contribution in [2.24, 2.45) is 10.9 Å². The number of carbonyl (C=O) groups is 1. The Balaban J connectivity index is 2.56. The number of ketones is 1. The molecular weight excluding hydrogens is 194 g/mol.